The molecule has 1 aromatic rings. The van der Waals surface area contributed by atoms with Crippen LogP contribution in [0.15, 0.2) is 29.2 Å². The molecule has 0 aromatic heterocycles. The number of alkyl halides is 3. The van der Waals surface area contributed by atoms with Crippen molar-refractivity contribution in [2.75, 3.05) is 19.8 Å². The number of hydrogen-bond acceptors (Lipinski definition) is 4. The third-order valence-electron chi connectivity index (χ3n) is 2.20. The predicted octanol–water partition coefficient (Wildman–Crippen LogP) is 1.92. The minimum atomic E-state index is -4.41. The van der Waals surface area contributed by atoms with E-state index in [1.807, 2.05) is 0 Å². The van der Waals surface area contributed by atoms with Crippen LogP contribution in [-0.2, 0) is 13.8 Å². The van der Waals surface area contributed by atoms with Crippen molar-refractivity contribution in [2.45, 2.75) is 11.1 Å². The maximum absolute atomic E-state index is 11.8. The van der Waals surface area contributed by atoms with E-state index in [1.165, 1.54) is 12.1 Å². The van der Waals surface area contributed by atoms with Gasteiger partial charge in [0, 0.05) is 22.8 Å². The van der Waals surface area contributed by atoms with E-state index in [1.54, 1.807) is 0 Å². The van der Waals surface area contributed by atoms with Crippen LogP contribution in [0.25, 0.3) is 0 Å². The number of benzene rings is 1. The van der Waals surface area contributed by atoms with Crippen LogP contribution in [0.3, 0.4) is 0 Å². The second kappa shape index (κ2) is 7.10. The Morgan fingerprint density at radius 2 is 1.81 bits per heavy atom. The number of amides is 1. The molecule has 0 bridgehead atoms. The van der Waals surface area contributed by atoms with E-state index < -0.39 is 27.7 Å². The molecular formula is C11H11ClF3NO4S. The fraction of sp³-hybridized carbons (Fsp3) is 0.364. The standard InChI is InChI=1S/C11H11ClF3NO4S/c12-21(18,19)9-3-1-8(2-4-9)10(17)16-5-6-20-7-11(13,14)15/h1-4H,5-7H2,(H,16,17). The monoisotopic (exact) mass is 345 g/mol. The zero-order valence-corrected chi connectivity index (χ0v) is 12.1. The van der Waals surface area contributed by atoms with Gasteiger partial charge in [0.25, 0.3) is 15.0 Å². The second-order valence-corrected chi connectivity index (χ2v) is 6.45. The Bertz CT molecular complexity index is 586. The quantitative estimate of drug-likeness (QED) is 0.631. The fourth-order valence-corrected chi connectivity index (χ4v) is 2.07. The fourth-order valence-electron chi connectivity index (χ4n) is 1.30. The Labute approximate surface area is 123 Å². The van der Waals surface area contributed by atoms with Crippen molar-refractivity contribution in [3.8, 4) is 0 Å². The van der Waals surface area contributed by atoms with Gasteiger partial charge in [-0.15, -0.1) is 0 Å². The summed E-state index contributed by atoms with van der Waals surface area (Å²) in [5, 5.41) is 2.33. The van der Waals surface area contributed by atoms with Gasteiger partial charge >= 0.3 is 6.18 Å². The summed E-state index contributed by atoms with van der Waals surface area (Å²) >= 11 is 0. The van der Waals surface area contributed by atoms with Crippen molar-refractivity contribution in [3.63, 3.8) is 0 Å². The van der Waals surface area contributed by atoms with Crippen molar-refractivity contribution >= 4 is 25.6 Å². The lowest BCUT2D eigenvalue weighted by Crippen LogP contribution is -2.28. The van der Waals surface area contributed by atoms with Crippen molar-refractivity contribution in [1.29, 1.82) is 0 Å². The number of halogens is 4. The second-order valence-electron chi connectivity index (χ2n) is 3.89. The molecule has 0 atom stereocenters. The SMILES string of the molecule is O=C(NCCOCC(F)(F)F)c1ccc(S(=O)(=O)Cl)cc1. The zero-order valence-electron chi connectivity index (χ0n) is 10.5. The molecule has 1 amide bonds. The number of nitrogens with one attached hydrogen (secondary N) is 1. The van der Waals surface area contributed by atoms with Gasteiger partial charge in [0.05, 0.1) is 11.5 Å². The molecule has 118 valence electrons. The van der Waals surface area contributed by atoms with Gasteiger partial charge in [-0.05, 0) is 24.3 Å². The normalized spacial score (nSPS) is 12.2. The maximum atomic E-state index is 11.8. The average Bonchev–Trinajstić information content (AvgIpc) is 2.36. The van der Waals surface area contributed by atoms with Gasteiger partial charge in [-0.2, -0.15) is 13.2 Å². The summed E-state index contributed by atoms with van der Waals surface area (Å²) in [6.45, 7) is -1.78. The lowest BCUT2D eigenvalue weighted by atomic mass is 10.2. The number of ether oxygens (including phenoxy) is 1. The van der Waals surface area contributed by atoms with Crippen molar-refractivity contribution < 1.29 is 31.1 Å². The van der Waals surface area contributed by atoms with Gasteiger partial charge in [0.2, 0.25) is 0 Å². The summed E-state index contributed by atoms with van der Waals surface area (Å²) in [5.74, 6) is -0.566. The van der Waals surface area contributed by atoms with Crippen molar-refractivity contribution in [2.24, 2.45) is 0 Å². The number of carbonyl (C=O) groups is 1. The Morgan fingerprint density at radius 1 is 1.24 bits per heavy atom. The highest BCUT2D eigenvalue weighted by molar-refractivity contribution is 8.13. The number of hydrogen-bond donors (Lipinski definition) is 1. The van der Waals surface area contributed by atoms with Crippen LogP contribution >= 0.6 is 10.7 Å². The smallest absolute Gasteiger partial charge is 0.370 e. The molecule has 0 unspecified atom stereocenters. The van der Waals surface area contributed by atoms with E-state index in [0.29, 0.717) is 0 Å². The predicted molar refractivity (Wildman–Crippen MR) is 68.7 cm³/mol. The van der Waals surface area contributed by atoms with E-state index >= 15 is 0 Å². The van der Waals surface area contributed by atoms with E-state index in [2.05, 4.69) is 10.1 Å². The minimum Gasteiger partial charge on any atom is -0.370 e. The molecule has 1 aromatic carbocycles. The minimum absolute atomic E-state index is 0.107. The summed E-state index contributed by atoms with van der Waals surface area (Å²) < 4.78 is 61.6. The first-order valence-corrected chi connectivity index (χ1v) is 7.88. The molecule has 0 radical (unpaired) electrons. The lowest BCUT2D eigenvalue weighted by Gasteiger charge is -2.08. The van der Waals surface area contributed by atoms with Crippen LogP contribution in [0.5, 0.6) is 0 Å². The van der Waals surface area contributed by atoms with Gasteiger partial charge in [-0.25, -0.2) is 8.42 Å². The molecule has 5 nitrogen and oxygen atoms in total. The third kappa shape index (κ3) is 6.78. The molecule has 1 rings (SSSR count). The highest BCUT2D eigenvalue weighted by Crippen LogP contribution is 2.15. The largest absolute Gasteiger partial charge is 0.411 e. The topological polar surface area (TPSA) is 72.5 Å². The van der Waals surface area contributed by atoms with E-state index in [9.17, 15) is 26.4 Å². The number of rotatable bonds is 6. The van der Waals surface area contributed by atoms with Crippen molar-refractivity contribution in [3.05, 3.63) is 29.8 Å². The van der Waals surface area contributed by atoms with Gasteiger partial charge in [0.15, 0.2) is 0 Å². The van der Waals surface area contributed by atoms with Crippen LogP contribution < -0.4 is 5.32 Å². The van der Waals surface area contributed by atoms with Crippen molar-refractivity contribution in [1.82, 2.24) is 5.32 Å². The summed E-state index contributed by atoms with van der Waals surface area (Å²) in [7, 11) is 1.24. The van der Waals surface area contributed by atoms with Gasteiger partial charge in [-0.1, -0.05) is 0 Å². The van der Waals surface area contributed by atoms with E-state index in [-0.39, 0.29) is 23.6 Å². The number of carbonyl (C=O) groups excluding carboxylic acids is 1. The average molecular weight is 346 g/mol. The first-order valence-electron chi connectivity index (χ1n) is 5.57. The third-order valence-corrected chi connectivity index (χ3v) is 3.57. The van der Waals surface area contributed by atoms with Crippen LogP contribution in [-0.4, -0.2) is 40.3 Å². The first kappa shape index (κ1) is 17.7. The Morgan fingerprint density at radius 3 is 2.29 bits per heavy atom. The molecule has 0 aliphatic heterocycles. The van der Waals surface area contributed by atoms with Gasteiger partial charge in [0.1, 0.15) is 6.61 Å². The van der Waals surface area contributed by atoms with Gasteiger partial charge in [-0.3, -0.25) is 4.79 Å². The lowest BCUT2D eigenvalue weighted by molar-refractivity contribution is -0.173. The molecule has 0 saturated carbocycles. The summed E-state index contributed by atoms with van der Waals surface area (Å²) in [5.41, 5.74) is 0.148. The zero-order chi connectivity index (χ0) is 16.1. The molecular weight excluding hydrogens is 335 g/mol. The van der Waals surface area contributed by atoms with E-state index in [4.69, 9.17) is 10.7 Å². The van der Waals surface area contributed by atoms with Gasteiger partial charge < -0.3 is 10.1 Å². The Kier molecular flexibility index (Phi) is 5.99. The molecule has 1 N–H and O–H groups in total. The molecule has 0 saturated heterocycles. The molecule has 0 spiro atoms. The summed E-state index contributed by atoms with van der Waals surface area (Å²) in [4.78, 5) is 11.4. The van der Waals surface area contributed by atoms with E-state index in [0.717, 1.165) is 12.1 Å². The van der Waals surface area contributed by atoms with Crippen LogP contribution in [0.4, 0.5) is 13.2 Å². The Hall–Kier alpha value is -1.32. The maximum Gasteiger partial charge on any atom is 0.411 e. The molecule has 10 heteroatoms. The van der Waals surface area contributed by atoms with Crippen LogP contribution in [0, 0.1) is 0 Å². The summed E-state index contributed by atoms with van der Waals surface area (Å²) in [6.07, 6.45) is -4.41. The first-order chi connectivity index (χ1) is 9.59. The summed E-state index contributed by atoms with van der Waals surface area (Å²) in [6, 6.07) is 4.77. The molecule has 21 heavy (non-hydrogen) atoms. The molecule has 0 heterocycles. The van der Waals surface area contributed by atoms with Crippen LogP contribution in [0.2, 0.25) is 0 Å². The molecule has 0 aliphatic carbocycles. The molecule has 0 aliphatic rings. The highest BCUT2D eigenvalue weighted by Gasteiger charge is 2.27. The molecule has 0 fully saturated rings. The highest BCUT2D eigenvalue weighted by atomic mass is 35.7. The Balaban J connectivity index is 2.43. The van der Waals surface area contributed by atoms with Crippen LogP contribution in [0.1, 0.15) is 10.4 Å².